The summed E-state index contributed by atoms with van der Waals surface area (Å²) in [4.78, 5) is 2.39. The number of hydrogen-bond donors (Lipinski definition) is 1. The van der Waals surface area contributed by atoms with Crippen molar-refractivity contribution < 1.29 is 5.21 Å². The summed E-state index contributed by atoms with van der Waals surface area (Å²) in [5.74, 6) is 2.42. The zero-order valence-corrected chi connectivity index (χ0v) is 9.28. The van der Waals surface area contributed by atoms with Crippen molar-refractivity contribution in [2.24, 2.45) is 5.16 Å². The zero-order valence-electron chi connectivity index (χ0n) is 8.47. The summed E-state index contributed by atoms with van der Waals surface area (Å²) >= 11 is 2.01. The lowest BCUT2D eigenvalue weighted by atomic mass is 10.2. The van der Waals surface area contributed by atoms with Crippen molar-refractivity contribution in [3.8, 4) is 0 Å². The smallest absolute Gasteiger partial charge is 0.0733 e. The van der Waals surface area contributed by atoms with Crippen LogP contribution in [0.1, 0.15) is 5.56 Å². The molecule has 1 aromatic carbocycles. The summed E-state index contributed by atoms with van der Waals surface area (Å²) < 4.78 is 0. The van der Waals surface area contributed by atoms with Gasteiger partial charge in [-0.3, -0.25) is 0 Å². The maximum Gasteiger partial charge on any atom is 0.0733 e. The first-order valence-electron chi connectivity index (χ1n) is 5.00. The Bertz CT molecular complexity index is 331. The van der Waals surface area contributed by atoms with E-state index in [1.165, 1.54) is 23.4 Å². The lowest BCUT2D eigenvalue weighted by Crippen LogP contribution is -2.32. The van der Waals surface area contributed by atoms with E-state index >= 15 is 0 Å². The Morgan fingerprint density at radius 3 is 2.47 bits per heavy atom. The van der Waals surface area contributed by atoms with Crippen molar-refractivity contribution in [1.82, 2.24) is 0 Å². The standard InChI is InChI=1S/C11H14N2OS/c14-12-9-10-1-3-11(4-2-10)13-5-7-15-8-6-13/h1-4,9,14H,5-8H2. The van der Waals surface area contributed by atoms with Crippen LogP contribution >= 0.6 is 11.8 Å². The van der Waals surface area contributed by atoms with Gasteiger partial charge in [-0.2, -0.15) is 11.8 Å². The first-order valence-corrected chi connectivity index (χ1v) is 6.16. The van der Waals surface area contributed by atoms with E-state index < -0.39 is 0 Å². The molecule has 0 amide bonds. The molecule has 3 nitrogen and oxygen atoms in total. The van der Waals surface area contributed by atoms with Crippen LogP contribution in [0.15, 0.2) is 29.4 Å². The molecule has 1 aromatic rings. The molecular formula is C11H14N2OS. The van der Waals surface area contributed by atoms with Crippen molar-refractivity contribution in [2.45, 2.75) is 0 Å². The van der Waals surface area contributed by atoms with Crippen LogP contribution in [0.5, 0.6) is 0 Å². The minimum Gasteiger partial charge on any atom is -0.411 e. The van der Waals surface area contributed by atoms with Crippen molar-refractivity contribution in [3.63, 3.8) is 0 Å². The minimum atomic E-state index is 0.924. The molecule has 0 atom stereocenters. The Morgan fingerprint density at radius 1 is 1.20 bits per heavy atom. The fourth-order valence-corrected chi connectivity index (χ4v) is 2.56. The van der Waals surface area contributed by atoms with Crippen molar-refractivity contribution in [3.05, 3.63) is 29.8 Å². The molecule has 1 heterocycles. The van der Waals surface area contributed by atoms with E-state index in [9.17, 15) is 0 Å². The number of rotatable bonds is 2. The zero-order chi connectivity index (χ0) is 10.5. The highest BCUT2D eigenvalue weighted by molar-refractivity contribution is 7.99. The molecule has 1 saturated heterocycles. The molecule has 15 heavy (non-hydrogen) atoms. The van der Waals surface area contributed by atoms with Crippen LogP contribution in [0.25, 0.3) is 0 Å². The second-order valence-electron chi connectivity index (χ2n) is 3.44. The Balaban J connectivity index is 2.08. The van der Waals surface area contributed by atoms with Gasteiger partial charge in [0, 0.05) is 30.3 Å². The average Bonchev–Trinajstić information content (AvgIpc) is 2.32. The summed E-state index contributed by atoms with van der Waals surface area (Å²) in [6.45, 7) is 2.25. The predicted octanol–water partition coefficient (Wildman–Crippen LogP) is 2.05. The molecule has 80 valence electrons. The van der Waals surface area contributed by atoms with Crippen LogP contribution in [0.3, 0.4) is 0 Å². The molecule has 0 saturated carbocycles. The summed E-state index contributed by atoms with van der Waals surface area (Å²) in [6, 6.07) is 8.09. The van der Waals surface area contributed by atoms with Gasteiger partial charge in [-0.1, -0.05) is 17.3 Å². The maximum atomic E-state index is 8.39. The van der Waals surface area contributed by atoms with E-state index in [-0.39, 0.29) is 0 Å². The molecule has 0 bridgehead atoms. The van der Waals surface area contributed by atoms with Gasteiger partial charge in [0.05, 0.1) is 6.21 Å². The summed E-state index contributed by atoms with van der Waals surface area (Å²) in [7, 11) is 0. The van der Waals surface area contributed by atoms with Crippen molar-refractivity contribution in [1.29, 1.82) is 0 Å². The van der Waals surface area contributed by atoms with E-state index in [0.29, 0.717) is 0 Å². The van der Waals surface area contributed by atoms with E-state index in [4.69, 9.17) is 5.21 Å². The molecule has 0 aromatic heterocycles. The number of hydrogen-bond acceptors (Lipinski definition) is 4. The molecule has 0 unspecified atom stereocenters. The van der Waals surface area contributed by atoms with Crippen LogP contribution in [0.2, 0.25) is 0 Å². The van der Waals surface area contributed by atoms with Gasteiger partial charge in [0.15, 0.2) is 0 Å². The third-order valence-electron chi connectivity index (χ3n) is 2.48. The minimum absolute atomic E-state index is 0.924. The number of benzene rings is 1. The highest BCUT2D eigenvalue weighted by atomic mass is 32.2. The van der Waals surface area contributed by atoms with Crippen LogP contribution in [0.4, 0.5) is 5.69 Å². The van der Waals surface area contributed by atoms with Crippen molar-refractivity contribution >= 4 is 23.7 Å². The fourth-order valence-electron chi connectivity index (χ4n) is 1.66. The lowest BCUT2D eigenvalue weighted by molar-refractivity contribution is 0.322. The van der Waals surface area contributed by atoms with Gasteiger partial charge in [-0.05, 0) is 17.7 Å². The molecule has 1 aliphatic rings. The second kappa shape index (κ2) is 5.07. The number of nitrogens with zero attached hydrogens (tertiary/aromatic N) is 2. The van der Waals surface area contributed by atoms with Crippen LogP contribution in [0, 0.1) is 0 Å². The lowest BCUT2D eigenvalue weighted by Gasteiger charge is -2.28. The molecule has 0 aliphatic carbocycles. The Kier molecular flexibility index (Phi) is 3.50. The topological polar surface area (TPSA) is 35.8 Å². The molecule has 0 radical (unpaired) electrons. The number of oxime groups is 1. The van der Waals surface area contributed by atoms with Crippen molar-refractivity contribution in [2.75, 3.05) is 29.5 Å². The number of thioether (sulfide) groups is 1. The third-order valence-corrected chi connectivity index (χ3v) is 3.42. The monoisotopic (exact) mass is 222 g/mol. The largest absolute Gasteiger partial charge is 0.411 e. The van der Waals surface area contributed by atoms with E-state index in [1.807, 2.05) is 23.9 Å². The Hall–Kier alpha value is -1.16. The predicted molar refractivity (Wildman–Crippen MR) is 65.4 cm³/mol. The van der Waals surface area contributed by atoms with Gasteiger partial charge in [0.2, 0.25) is 0 Å². The van der Waals surface area contributed by atoms with Gasteiger partial charge < -0.3 is 10.1 Å². The van der Waals surface area contributed by atoms with Gasteiger partial charge in [0.1, 0.15) is 0 Å². The van der Waals surface area contributed by atoms with Crippen LogP contribution in [-0.4, -0.2) is 36.0 Å². The normalized spacial score (nSPS) is 17.2. The van der Waals surface area contributed by atoms with Gasteiger partial charge >= 0.3 is 0 Å². The molecule has 0 spiro atoms. The van der Waals surface area contributed by atoms with E-state index in [2.05, 4.69) is 22.2 Å². The third kappa shape index (κ3) is 2.65. The SMILES string of the molecule is ON=Cc1ccc(N2CCSCC2)cc1. The first kappa shape index (κ1) is 10.4. The van der Waals surface area contributed by atoms with Gasteiger partial charge in [-0.25, -0.2) is 0 Å². The molecule has 4 heteroatoms. The first-order chi connectivity index (χ1) is 7.40. The molecule has 1 aliphatic heterocycles. The van der Waals surface area contributed by atoms with Crippen LogP contribution < -0.4 is 4.90 Å². The summed E-state index contributed by atoms with van der Waals surface area (Å²) in [5.41, 5.74) is 2.18. The second-order valence-corrected chi connectivity index (χ2v) is 4.66. The number of anilines is 1. The molecule has 1 fully saturated rings. The summed E-state index contributed by atoms with van der Waals surface area (Å²) in [5, 5.41) is 11.4. The molecular weight excluding hydrogens is 208 g/mol. The van der Waals surface area contributed by atoms with Gasteiger partial charge in [-0.15, -0.1) is 0 Å². The Labute approximate surface area is 93.8 Å². The maximum absolute atomic E-state index is 8.39. The average molecular weight is 222 g/mol. The molecule has 1 N–H and O–H groups in total. The molecule has 2 rings (SSSR count). The summed E-state index contributed by atoms with van der Waals surface area (Å²) in [6.07, 6.45) is 1.44. The fraction of sp³-hybridized carbons (Fsp3) is 0.364. The van der Waals surface area contributed by atoms with E-state index in [1.54, 1.807) is 0 Å². The highest BCUT2D eigenvalue weighted by Crippen LogP contribution is 2.19. The Morgan fingerprint density at radius 2 is 1.87 bits per heavy atom. The van der Waals surface area contributed by atoms with E-state index in [0.717, 1.165) is 18.7 Å². The quantitative estimate of drug-likeness (QED) is 0.472. The van der Waals surface area contributed by atoms with Crippen LogP contribution in [-0.2, 0) is 0 Å². The highest BCUT2D eigenvalue weighted by Gasteiger charge is 2.10. The van der Waals surface area contributed by atoms with Gasteiger partial charge in [0.25, 0.3) is 0 Å².